The van der Waals surface area contributed by atoms with E-state index in [0.717, 1.165) is 11.8 Å². The summed E-state index contributed by atoms with van der Waals surface area (Å²) >= 11 is 1.16. The molecule has 0 saturated heterocycles. The SMILES string of the molecule is Nc1cc(=O)[nH]c(Sc2ccc(C=O)cn2)n1. The molecule has 0 aliphatic carbocycles. The van der Waals surface area contributed by atoms with E-state index in [0.29, 0.717) is 22.0 Å². The van der Waals surface area contributed by atoms with Crippen molar-refractivity contribution in [2.45, 2.75) is 10.2 Å². The summed E-state index contributed by atoms with van der Waals surface area (Å²) in [5, 5.41) is 0.978. The van der Waals surface area contributed by atoms with E-state index in [4.69, 9.17) is 5.73 Å². The number of nitrogens with two attached hydrogens (primary N) is 1. The van der Waals surface area contributed by atoms with Crippen molar-refractivity contribution < 1.29 is 4.79 Å². The number of nitrogen functional groups attached to an aromatic ring is 1. The Bertz CT molecular complexity index is 594. The van der Waals surface area contributed by atoms with E-state index in [-0.39, 0.29) is 11.4 Å². The van der Waals surface area contributed by atoms with Crippen LogP contribution in [0.1, 0.15) is 10.4 Å². The van der Waals surface area contributed by atoms with Crippen molar-refractivity contribution in [3.8, 4) is 0 Å². The minimum atomic E-state index is -0.315. The van der Waals surface area contributed by atoms with Gasteiger partial charge in [-0.3, -0.25) is 9.59 Å². The van der Waals surface area contributed by atoms with Gasteiger partial charge < -0.3 is 10.7 Å². The molecule has 3 N–H and O–H groups in total. The van der Waals surface area contributed by atoms with Crippen molar-refractivity contribution in [1.82, 2.24) is 15.0 Å². The standard InChI is InChI=1S/C10H8N4O2S/c11-7-3-8(16)14-10(13-7)17-9-2-1-6(5-15)4-12-9/h1-5H,(H3,11,13,14,16). The van der Waals surface area contributed by atoms with Crippen molar-refractivity contribution in [1.29, 1.82) is 0 Å². The number of hydrogen-bond acceptors (Lipinski definition) is 6. The molecule has 17 heavy (non-hydrogen) atoms. The van der Waals surface area contributed by atoms with Crippen LogP contribution in [0.2, 0.25) is 0 Å². The van der Waals surface area contributed by atoms with Gasteiger partial charge in [-0.1, -0.05) is 0 Å². The number of nitrogens with one attached hydrogen (secondary N) is 1. The molecule has 0 amide bonds. The first kappa shape index (κ1) is 11.3. The average molecular weight is 248 g/mol. The molecular formula is C10H8N4O2S. The molecular weight excluding hydrogens is 240 g/mol. The van der Waals surface area contributed by atoms with E-state index in [1.54, 1.807) is 12.1 Å². The van der Waals surface area contributed by atoms with Gasteiger partial charge in [0, 0.05) is 17.8 Å². The van der Waals surface area contributed by atoms with Gasteiger partial charge in [-0.2, -0.15) is 0 Å². The quantitative estimate of drug-likeness (QED) is 0.612. The molecule has 2 aromatic heterocycles. The van der Waals surface area contributed by atoms with Crippen LogP contribution in [0, 0.1) is 0 Å². The van der Waals surface area contributed by atoms with Gasteiger partial charge in [0.2, 0.25) is 0 Å². The fraction of sp³-hybridized carbons (Fsp3) is 0. The van der Waals surface area contributed by atoms with E-state index in [9.17, 15) is 9.59 Å². The Morgan fingerprint density at radius 2 is 2.24 bits per heavy atom. The number of anilines is 1. The predicted octanol–water partition coefficient (Wildman–Crippen LogP) is 0.711. The number of aromatic nitrogens is 3. The lowest BCUT2D eigenvalue weighted by Crippen LogP contribution is -2.09. The summed E-state index contributed by atoms with van der Waals surface area (Å²) in [6.07, 6.45) is 2.15. The van der Waals surface area contributed by atoms with E-state index in [1.807, 2.05) is 0 Å². The summed E-state index contributed by atoms with van der Waals surface area (Å²) < 4.78 is 0. The highest BCUT2D eigenvalue weighted by Crippen LogP contribution is 2.21. The van der Waals surface area contributed by atoms with Crippen LogP contribution in [0.5, 0.6) is 0 Å². The number of aromatic amines is 1. The van der Waals surface area contributed by atoms with Gasteiger partial charge in [-0.15, -0.1) is 0 Å². The van der Waals surface area contributed by atoms with E-state index < -0.39 is 0 Å². The fourth-order valence-corrected chi connectivity index (χ4v) is 1.86. The third-order valence-electron chi connectivity index (χ3n) is 1.84. The van der Waals surface area contributed by atoms with E-state index in [2.05, 4.69) is 15.0 Å². The Labute approximate surface area is 100 Å². The van der Waals surface area contributed by atoms with Gasteiger partial charge in [0.1, 0.15) is 10.8 Å². The zero-order valence-corrected chi connectivity index (χ0v) is 9.40. The minimum absolute atomic E-state index is 0.153. The van der Waals surface area contributed by atoms with Crippen molar-refractivity contribution in [2.24, 2.45) is 0 Å². The summed E-state index contributed by atoms with van der Waals surface area (Å²) in [7, 11) is 0. The van der Waals surface area contributed by atoms with Crippen LogP contribution in [-0.4, -0.2) is 21.2 Å². The lowest BCUT2D eigenvalue weighted by atomic mass is 10.3. The van der Waals surface area contributed by atoms with Gasteiger partial charge in [0.15, 0.2) is 11.4 Å². The Morgan fingerprint density at radius 3 is 2.82 bits per heavy atom. The van der Waals surface area contributed by atoms with Crippen molar-refractivity contribution in [2.75, 3.05) is 5.73 Å². The average Bonchev–Trinajstić information content (AvgIpc) is 2.28. The predicted molar refractivity (Wildman–Crippen MR) is 63.0 cm³/mol. The molecule has 2 heterocycles. The van der Waals surface area contributed by atoms with E-state index >= 15 is 0 Å². The first-order valence-corrected chi connectivity index (χ1v) is 5.45. The van der Waals surface area contributed by atoms with Crippen LogP contribution in [-0.2, 0) is 0 Å². The maximum absolute atomic E-state index is 11.1. The minimum Gasteiger partial charge on any atom is -0.383 e. The third kappa shape index (κ3) is 2.91. The van der Waals surface area contributed by atoms with Crippen molar-refractivity contribution in [3.63, 3.8) is 0 Å². The van der Waals surface area contributed by atoms with Gasteiger partial charge in [-0.05, 0) is 23.9 Å². The largest absolute Gasteiger partial charge is 0.383 e. The first-order chi connectivity index (χ1) is 8.17. The van der Waals surface area contributed by atoms with Crippen molar-refractivity contribution in [3.05, 3.63) is 40.3 Å². The lowest BCUT2D eigenvalue weighted by molar-refractivity contribution is 0.112. The maximum Gasteiger partial charge on any atom is 0.253 e. The fourth-order valence-electron chi connectivity index (χ4n) is 1.12. The van der Waals surface area contributed by atoms with Gasteiger partial charge in [0.25, 0.3) is 5.56 Å². The number of carbonyl (C=O) groups excluding carboxylic acids is 1. The number of hydrogen-bond donors (Lipinski definition) is 2. The zero-order chi connectivity index (χ0) is 12.3. The Hall–Kier alpha value is -2.15. The van der Waals surface area contributed by atoms with Crippen LogP contribution in [0.25, 0.3) is 0 Å². The third-order valence-corrected chi connectivity index (χ3v) is 2.67. The second-order valence-corrected chi connectivity index (χ2v) is 4.13. The number of nitrogens with zero attached hydrogens (tertiary/aromatic N) is 2. The van der Waals surface area contributed by atoms with Crippen LogP contribution >= 0.6 is 11.8 Å². The van der Waals surface area contributed by atoms with Crippen LogP contribution < -0.4 is 11.3 Å². The number of carbonyl (C=O) groups is 1. The van der Waals surface area contributed by atoms with Crippen LogP contribution in [0.15, 0.2) is 39.4 Å². The molecule has 0 bridgehead atoms. The lowest BCUT2D eigenvalue weighted by Gasteiger charge is -2.00. The highest BCUT2D eigenvalue weighted by atomic mass is 32.2. The summed E-state index contributed by atoms with van der Waals surface area (Å²) in [6.45, 7) is 0. The molecule has 0 saturated carbocycles. The zero-order valence-electron chi connectivity index (χ0n) is 8.58. The Balaban J connectivity index is 2.24. The molecule has 6 nitrogen and oxygen atoms in total. The summed E-state index contributed by atoms with van der Waals surface area (Å²) in [5.41, 5.74) is 5.62. The molecule has 0 aliphatic heterocycles. The molecule has 0 radical (unpaired) electrons. The Morgan fingerprint density at radius 1 is 1.41 bits per heavy atom. The van der Waals surface area contributed by atoms with E-state index in [1.165, 1.54) is 12.3 Å². The monoisotopic (exact) mass is 248 g/mol. The second-order valence-electron chi connectivity index (χ2n) is 3.13. The Kier molecular flexibility index (Phi) is 3.20. The molecule has 2 aromatic rings. The molecule has 0 aromatic carbocycles. The number of aldehydes is 1. The molecule has 0 unspecified atom stereocenters. The highest BCUT2D eigenvalue weighted by Gasteiger charge is 2.03. The smallest absolute Gasteiger partial charge is 0.253 e. The number of H-pyrrole nitrogens is 1. The van der Waals surface area contributed by atoms with Gasteiger partial charge >= 0.3 is 0 Å². The number of rotatable bonds is 3. The highest BCUT2D eigenvalue weighted by molar-refractivity contribution is 7.99. The summed E-state index contributed by atoms with van der Waals surface area (Å²) in [5.74, 6) is 0.153. The topological polar surface area (TPSA) is 102 Å². The van der Waals surface area contributed by atoms with Gasteiger partial charge in [-0.25, -0.2) is 9.97 Å². The molecule has 0 atom stereocenters. The number of pyridine rings is 1. The molecule has 0 aliphatic rings. The molecule has 0 spiro atoms. The molecule has 7 heteroatoms. The summed E-state index contributed by atoms with van der Waals surface area (Å²) in [4.78, 5) is 32.1. The summed E-state index contributed by atoms with van der Waals surface area (Å²) in [6, 6.07) is 4.50. The normalized spacial score (nSPS) is 10.1. The van der Waals surface area contributed by atoms with Crippen LogP contribution in [0.4, 0.5) is 5.82 Å². The van der Waals surface area contributed by atoms with Crippen molar-refractivity contribution >= 4 is 23.9 Å². The maximum atomic E-state index is 11.1. The first-order valence-electron chi connectivity index (χ1n) is 4.63. The molecule has 0 fully saturated rings. The molecule has 2 rings (SSSR count). The second kappa shape index (κ2) is 4.79. The van der Waals surface area contributed by atoms with Crippen LogP contribution in [0.3, 0.4) is 0 Å². The van der Waals surface area contributed by atoms with Gasteiger partial charge in [0.05, 0.1) is 0 Å². The molecule has 86 valence electrons.